The molecule has 0 saturated carbocycles. The smallest absolute Gasteiger partial charge is 0.0102 e. The maximum absolute atomic E-state index is 2.40. The van der Waals surface area contributed by atoms with Crippen LogP contribution in [0.2, 0.25) is 0 Å². The monoisotopic (exact) mass is 1480 g/mol. The van der Waals surface area contributed by atoms with Gasteiger partial charge in [-0.3, -0.25) is 0 Å². The van der Waals surface area contributed by atoms with Gasteiger partial charge >= 0.3 is 0 Å². The first-order valence-electron chi connectivity index (χ1n) is 44.1. The molecule has 4 aromatic rings. The Morgan fingerprint density at radius 2 is 0.463 bits per heavy atom. The van der Waals surface area contributed by atoms with E-state index in [1.165, 1.54) is 147 Å². The summed E-state index contributed by atoms with van der Waals surface area (Å²) in [5, 5.41) is 0. The fourth-order valence-corrected chi connectivity index (χ4v) is 12.5. The molecule has 0 aliphatic heterocycles. The van der Waals surface area contributed by atoms with E-state index in [4.69, 9.17) is 0 Å². The Labute approximate surface area is 676 Å². The van der Waals surface area contributed by atoms with Gasteiger partial charge in [-0.1, -0.05) is 415 Å². The average molecular weight is 1480 g/mol. The summed E-state index contributed by atoms with van der Waals surface area (Å²) in [4.78, 5) is 0. The normalized spacial score (nSPS) is 13.0. The van der Waals surface area contributed by atoms with Crippen LogP contribution in [0.3, 0.4) is 0 Å². The van der Waals surface area contributed by atoms with Crippen LogP contribution in [0.4, 0.5) is 0 Å². The zero-order valence-corrected chi connectivity index (χ0v) is 77.3. The molecular formula is C108H178. The first-order chi connectivity index (χ1) is 50.7. The van der Waals surface area contributed by atoms with Crippen molar-refractivity contribution in [3.63, 3.8) is 0 Å². The number of allylic oxidation sites excluding steroid dienone is 16. The molecule has 6 rings (SSSR count). The van der Waals surface area contributed by atoms with Crippen LogP contribution >= 0.6 is 0 Å². The number of benzene rings is 4. The van der Waals surface area contributed by atoms with E-state index in [1.807, 2.05) is 0 Å². The summed E-state index contributed by atoms with van der Waals surface area (Å²) in [5.41, 5.74) is 18.0. The lowest BCUT2D eigenvalue weighted by atomic mass is 9.93. The van der Waals surface area contributed by atoms with Crippen molar-refractivity contribution in [1.29, 1.82) is 0 Å². The maximum atomic E-state index is 2.40. The maximum Gasteiger partial charge on any atom is -0.0102 e. The summed E-state index contributed by atoms with van der Waals surface area (Å²) < 4.78 is 0. The summed E-state index contributed by atoms with van der Waals surface area (Å²) in [7, 11) is 0. The molecule has 0 N–H and O–H groups in total. The number of hydrogen-bond acceptors (Lipinski definition) is 0. The molecule has 0 unspecified atom stereocenters. The van der Waals surface area contributed by atoms with Gasteiger partial charge in [-0.2, -0.15) is 0 Å². The third-order valence-electron chi connectivity index (χ3n) is 17.5. The van der Waals surface area contributed by atoms with Crippen LogP contribution in [-0.4, -0.2) is 0 Å². The SMILES string of the molecule is CC(C)C/C=C/C=C/CC(C)C.CC(C)C/C=C/CC(C)C.CC(C)C/C=C/c1ccc(CC(C)C)cc1.CC(C)C/C=C/c1ccc(CC(C)C)cc1.CC(C)CC1=CC=C(CC(C)C)C1.CC(C)CC1=CCC=C1CC(C)C.CC(C)Cc1ccc(CC(C)C)cc1.CC(C)Cc1ccccc1CC(C)C. The highest BCUT2D eigenvalue weighted by atomic mass is 14.2. The van der Waals surface area contributed by atoms with Crippen molar-refractivity contribution < 1.29 is 0 Å². The van der Waals surface area contributed by atoms with Crippen molar-refractivity contribution in [2.75, 3.05) is 0 Å². The summed E-state index contributed by atoms with van der Waals surface area (Å²) in [6.45, 7) is 72.5. The van der Waals surface area contributed by atoms with E-state index < -0.39 is 0 Å². The molecule has 0 fully saturated rings. The van der Waals surface area contributed by atoms with Crippen LogP contribution in [0.5, 0.6) is 0 Å². The minimum absolute atomic E-state index is 0.738. The van der Waals surface area contributed by atoms with E-state index in [0.29, 0.717) is 0 Å². The first-order valence-corrected chi connectivity index (χ1v) is 44.1. The third kappa shape index (κ3) is 66.3. The second-order valence-corrected chi connectivity index (χ2v) is 38.5. The molecule has 0 nitrogen and oxygen atoms in total. The van der Waals surface area contributed by atoms with Gasteiger partial charge in [-0.25, -0.2) is 0 Å². The predicted octanol–water partition coefficient (Wildman–Crippen LogP) is 34.6. The van der Waals surface area contributed by atoms with Crippen LogP contribution in [0, 0.1) is 94.7 Å². The lowest BCUT2D eigenvalue weighted by Crippen LogP contribution is -2.02. The molecule has 2 aliphatic rings. The highest BCUT2D eigenvalue weighted by Crippen LogP contribution is 2.31. The molecule has 0 radical (unpaired) electrons. The van der Waals surface area contributed by atoms with Gasteiger partial charge < -0.3 is 0 Å². The predicted molar refractivity (Wildman–Crippen MR) is 499 cm³/mol. The van der Waals surface area contributed by atoms with Crippen LogP contribution in [0.15, 0.2) is 192 Å². The Balaban J connectivity index is 0. The molecule has 0 heteroatoms. The Kier molecular flexibility index (Phi) is 62.1. The third-order valence-corrected chi connectivity index (χ3v) is 17.5. The molecule has 2 aliphatic carbocycles. The molecule has 108 heavy (non-hydrogen) atoms. The summed E-state index contributed by atoms with van der Waals surface area (Å²) in [6, 6.07) is 35.8. The van der Waals surface area contributed by atoms with Gasteiger partial charge in [0.2, 0.25) is 0 Å². The fourth-order valence-electron chi connectivity index (χ4n) is 12.5. The molecule has 4 aromatic carbocycles. The molecule has 0 saturated heterocycles. The Morgan fingerprint density at radius 3 is 0.704 bits per heavy atom. The summed E-state index contributed by atoms with van der Waals surface area (Å²) in [5.74, 6) is 12.4. The van der Waals surface area contributed by atoms with Crippen molar-refractivity contribution in [2.45, 2.75) is 337 Å². The van der Waals surface area contributed by atoms with Gasteiger partial charge in [0.05, 0.1) is 0 Å². The molecule has 0 aromatic heterocycles. The largest absolute Gasteiger partial charge is 0.0883 e. The molecular weight excluding hydrogens is 1300 g/mol. The van der Waals surface area contributed by atoms with Crippen molar-refractivity contribution >= 4 is 12.2 Å². The van der Waals surface area contributed by atoms with Crippen molar-refractivity contribution in [2.24, 2.45) is 94.7 Å². The van der Waals surface area contributed by atoms with E-state index in [-0.39, 0.29) is 0 Å². The van der Waals surface area contributed by atoms with Gasteiger partial charge in [0.1, 0.15) is 0 Å². The van der Waals surface area contributed by atoms with Gasteiger partial charge in [0.25, 0.3) is 0 Å². The quantitative estimate of drug-likeness (QED) is 0.0318. The second kappa shape index (κ2) is 64.1. The van der Waals surface area contributed by atoms with Crippen LogP contribution in [0.25, 0.3) is 12.2 Å². The Hall–Kier alpha value is -5.46. The minimum atomic E-state index is 0.738. The summed E-state index contributed by atoms with van der Waals surface area (Å²) >= 11 is 0. The van der Waals surface area contributed by atoms with Gasteiger partial charge in [-0.05, 0) is 266 Å². The topological polar surface area (TPSA) is 0 Å². The molecule has 0 spiro atoms. The number of rotatable bonds is 35. The van der Waals surface area contributed by atoms with Crippen LogP contribution in [-0.2, 0) is 38.5 Å². The van der Waals surface area contributed by atoms with E-state index in [9.17, 15) is 0 Å². The zero-order valence-electron chi connectivity index (χ0n) is 77.3. The molecule has 0 atom stereocenters. The van der Waals surface area contributed by atoms with Gasteiger partial charge in [0.15, 0.2) is 0 Å². The highest BCUT2D eigenvalue weighted by Gasteiger charge is 2.14. The van der Waals surface area contributed by atoms with Gasteiger partial charge in [0, 0.05) is 0 Å². The first kappa shape index (κ1) is 105. The highest BCUT2D eigenvalue weighted by molar-refractivity contribution is 5.50. The Bertz CT molecular complexity index is 2840. The molecule has 0 amide bonds. The molecule has 610 valence electrons. The Morgan fingerprint density at radius 1 is 0.231 bits per heavy atom. The van der Waals surface area contributed by atoms with Crippen molar-refractivity contribution in [1.82, 2.24) is 0 Å². The zero-order chi connectivity index (χ0) is 82.1. The van der Waals surface area contributed by atoms with E-state index in [2.05, 4.69) is 404 Å². The number of hydrogen-bond donors (Lipinski definition) is 0. The van der Waals surface area contributed by atoms with Crippen LogP contribution in [0.1, 0.15) is 343 Å². The fraction of sp³-hybridized carbons (Fsp3) is 0.611. The van der Waals surface area contributed by atoms with E-state index in [1.54, 1.807) is 22.3 Å². The molecule has 0 bridgehead atoms. The van der Waals surface area contributed by atoms with E-state index >= 15 is 0 Å². The van der Waals surface area contributed by atoms with Crippen molar-refractivity contribution in [3.8, 4) is 0 Å². The van der Waals surface area contributed by atoms with E-state index in [0.717, 1.165) is 108 Å². The standard InChI is InChI=1S/2C16H24.2C14H22.2C13H22.C12H22.C10H20/c2*1-13(2)6-5-7-15-8-10-16(11-9-15)12-14(3)4;1-11(2)9-13-5-7-14(8-6-13)10-12(3)4;1-11(2)9-13-7-5-6-8-14(13)10-12(3)4;1-10(2)7-12-5-6-13(9-12)8-11(3)4;1-10(2)8-12-6-5-7-13(12)9-11(3)4;1-11(2)9-7-5-6-8-10-12(3)4;1-9(2)7-5-6-8-10(3)4/h2*5,7-11,13-14H,6,12H2,1-4H3;2*5-8,11-12H,9-10H2,1-4H3;5-6,10-11H,7-9H2,1-4H3;6-7,10-11H,5,8-9H2,1-4H3;5-8,11-12H,9-10H2,1-4H3;5-6,9-10H,7-8H2,1-4H3/b2*7-5+;;;;;7-5+,8-6+;6-5+. The lowest BCUT2D eigenvalue weighted by molar-refractivity contribution is 0.613. The average Bonchev–Trinajstić information content (AvgIpc) is 1.56. The van der Waals surface area contributed by atoms with Crippen LogP contribution < -0.4 is 0 Å². The van der Waals surface area contributed by atoms with Gasteiger partial charge in [-0.15, -0.1) is 0 Å². The summed E-state index contributed by atoms with van der Waals surface area (Å²) in [6.07, 6.45) is 53.6. The molecule has 0 heterocycles. The van der Waals surface area contributed by atoms with Crippen molar-refractivity contribution in [3.05, 3.63) is 237 Å². The second-order valence-electron chi connectivity index (χ2n) is 38.5. The minimum Gasteiger partial charge on any atom is -0.0883 e. The lowest BCUT2D eigenvalue weighted by Gasteiger charge is -2.13.